The largest absolute Gasteiger partial charge is 0.490 e. The van der Waals surface area contributed by atoms with E-state index >= 15 is 0 Å². The molecule has 2 rings (SSSR count). The van der Waals surface area contributed by atoms with Gasteiger partial charge in [-0.1, -0.05) is 12.1 Å². The normalized spacial score (nSPS) is 11.2. The Morgan fingerprint density at radius 3 is 2.86 bits per heavy atom. The van der Waals surface area contributed by atoms with Crippen LogP contribution >= 0.6 is 12.2 Å². The van der Waals surface area contributed by atoms with Crippen LogP contribution in [0.5, 0.6) is 5.75 Å². The van der Waals surface area contributed by atoms with Gasteiger partial charge in [0.1, 0.15) is 11.4 Å². The number of aromatic nitrogens is 3. The molecule has 0 spiro atoms. The summed E-state index contributed by atoms with van der Waals surface area (Å²) in [6, 6.07) is 7.45. The molecule has 0 bridgehead atoms. The number of rotatable bonds is 4. The average molecular weight is 304 g/mol. The highest BCUT2D eigenvalue weighted by atomic mass is 32.1. The van der Waals surface area contributed by atoms with Crippen molar-refractivity contribution in [2.24, 2.45) is 5.10 Å². The molecular weight excluding hydrogens is 288 g/mol. The van der Waals surface area contributed by atoms with Crippen molar-refractivity contribution in [2.75, 3.05) is 0 Å². The Balaban J connectivity index is 2.41. The maximum atomic E-state index is 11.9. The van der Waals surface area contributed by atoms with Crippen LogP contribution in [0.25, 0.3) is 0 Å². The van der Waals surface area contributed by atoms with E-state index < -0.39 is 0 Å². The smallest absolute Gasteiger partial charge is 0.296 e. The van der Waals surface area contributed by atoms with E-state index in [0.29, 0.717) is 11.4 Å². The predicted molar refractivity (Wildman–Crippen MR) is 83.6 cm³/mol. The molecule has 2 aromatic rings. The van der Waals surface area contributed by atoms with Gasteiger partial charge >= 0.3 is 0 Å². The predicted octanol–water partition coefficient (Wildman–Crippen LogP) is 2.28. The van der Waals surface area contributed by atoms with Crippen LogP contribution in [0.1, 0.15) is 25.1 Å². The summed E-state index contributed by atoms with van der Waals surface area (Å²) in [5.74, 6) is 0.699. The monoisotopic (exact) mass is 304 g/mol. The lowest BCUT2D eigenvalue weighted by molar-refractivity contribution is 0.242. The summed E-state index contributed by atoms with van der Waals surface area (Å²) in [6.07, 6.45) is 1.59. The summed E-state index contributed by atoms with van der Waals surface area (Å²) in [7, 11) is 0. The zero-order valence-corrected chi connectivity index (χ0v) is 12.8. The highest BCUT2D eigenvalue weighted by molar-refractivity contribution is 7.71. The Morgan fingerprint density at radius 2 is 2.14 bits per heavy atom. The Kier molecular flexibility index (Phi) is 4.64. The highest BCUT2D eigenvalue weighted by Gasteiger charge is 2.04. The average Bonchev–Trinajstić information content (AvgIpc) is 2.44. The van der Waals surface area contributed by atoms with Gasteiger partial charge in [-0.15, -0.1) is 0 Å². The first-order valence-electron chi connectivity index (χ1n) is 6.47. The van der Waals surface area contributed by atoms with E-state index in [-0.39, 0.29) is 16.4 Å². The quantitative estimate of drug-likeness (QED) is 0.695. The molecule has 6 nitrogen and oxygen atoms in total. The number of H-pyrrole nitrogens is 1. The molecule has 0 aliphatic carbocycles. The number of nitrogens with zero attached hydrogens (tertiary/aromatic N) is 3. The fraction of sp³-hybridized carbons (Fsp3) is 0.286. The van der Waals surface area contributed by atoms with Crippen molar-refractivity contribution in [2.45, 2.75) is 26.9 Å². The van der Waals surface area contributed by atoms with E-state index in [9.17, 15) is 4.79 Å². The van der Waals surface area contributed by atoms with Crippen molar-refractivity contribution in [1.82, 2.24) is 14.9 Å². The lowest BCUT2D eigenvalue weighted by atomic mass is 10.2. The Hall–Kier alpha value is -2.28. The lowest BCUT2D eigenvalue weighted by Crippen LogP contribution is -2.22. The van der Waals surface area contributed by atoms with Gasteiger partial charge in [-0.2, -0.15) is 14.9 Å². The molecule has 1 N–H and O–H groups in total. The van der Waals surface area contributed by atoms with Crippen molar-refractivity contribution in [3.63, 3.8) is 0 Å². The molecule has 7 heteroatoms. The second kappa shape index (κ2) is 6.45. The number of aryl methyl sites for hydroxylation is 1. The fourth-order valence-corrected chi connectivity index (χ4v) is 1.82. The first-order valence-corrected chi connectivity index (χ1v) is 6.88. The number of para-hydroxylation sites is 1. The van der Waals surface area contributed by atoms with Gasteiger partial charge in [0.15, 0.2) is 0 Å². The molecular formula is C14H16N4O2S. The van der Waals surface area contributed by atoms with E-state index in [0.717, 1.165) is 10.2 Å². The van der Waals surface area contributed by atoms with Crippen molar-refractivity contribution in [1.29, 1.82) is 0 Å². The molecule has 21 heavy (non-hydrogen) atoms. The molecule has 0 aliphatic heterocycles. The molecule has 0 saturated carbocycles. The standard InChI is InChI=1S/C14H16N4O2S/c1-9(2)20-12-7-5-4-6-11(12)8-15-18-13(19)10(3)16-17-14(18)21/h4-9H,1-3H3,(H,17,21)/b15-8+. The summed E-state index contributed by atoms with van der Waals surface area (Å²) in [6.45, 7) is 5.48. The minimum Gasteiger partial charge on any atom is -0.490 e. The zero-order chi connectivity index (χ0) is 15.4. The molecule has 0 atom stereocenters. The van der Waals surface area contributed by atoms with Gasteiger partial charge in [-0.3, -0.25) is 9.89 Å². The Bertz CT molecular complexity index is 777. The first-order chi connectivity index (χ1) is 9.99. The van der Waals surface area contributed by atoms with Gasteiger partial charge < -0.3 is 4.74 Å². The molecule has 0 unspecified atom stereocenters. The summed E-state index contributed by atoms with van der Waals surface area (Å²) in [4.78, 5) is 11.9. The third-order valence-corrected chi connectivity index (χ3v) is 2.87. The van der Waals surface area contributed by atoms with Gasteiger partial charge in [-0.05, 0) is 45.1 Å². The second-order valence-electron chi connectivity index (χ2n) is 4.68. The molecule has 110 valence electrons. The van der Waals surface area contributed by atoms with Crippen molar-refractivity contribution < 1.29 is 4.74 Å². The second-order valence-corrected chi connectivity index (χ2v) is 5.07. The molecule has 0 fully saturated rings. The van der Waals surface area contributed by atoms with Gasteiger partial charge in [0, 0.05) is 5.56 Å². The summed E-state index contributed by atoms with van der Waals surface area (Å²) < 4.78 is 6.94. The Morgan fingerprint density at radius 1 is 1.43 bits per heavy atom. The molecule has 1 aromatic carbocycles. The van der Waals surface area contributed by atoms with Crippen molar-refractivity contribution >= 4 is 18.4 Å². The molecule has 1 heterocycles. The third-order valence-electron chi connectivity index (χ3n) is 2.61. The minimum atomic E-state index is -0.350. The summed E-state index contributed by atoms with van der Waals surface area (Å²) >= 11 is 5.02. The van der Waals surface area contributed by atoms with Crippen LogP contribution in [-0.2, 0) is 0 Å². The molecule has 1 aromatic heterocycles. The summed E-state index contributed by atoms with van der Waals surface area (Å²) in [5.41, 5.74) is 0.715. The fourth-order valence-electron chi connectivity index (χ4n) is 1.65. The number of hydrogen-bond donors (Lipinski definition) is 1. The lowest BCUT2D eigenvalue weighted by Gasteiger charge is -2.11. The van der Waals surface area contributed by atoms with Crippen LogP contribution in [-0.4, -0.2) is 27.2 Å². The maximum Gasteiger partial charge on any atom is 0.296 e. The molecule has 0 aliphatic rings. The van der Waals surface area contributed by atoms with E-state index in [4.69, 9.17) is 17.0 Å². The van der Waals surface area contributed by atoms with Gasteiger partial charge in [0.05, 0.1) is 12.3 Å². The van der Waals surface area contributed by atoms with Gasteiger partial charge in [-0.25, -0.2) is 0 Å². The number of hydrogen-bond acceptors (Lipinski definition) is 5. The van der Waals surface area contributed by atoms with E-state index in [1.807, 2.05) is 38.1 Å². The molecule has 0 radical (unpaired) electrons. The maximum absolute atomic E-state index is 11.9. The van der Waals surface area contributed by atoms with Gasteiger partial charge in [0.25, 0.3) is 5.56 Å². The first kappa shape index (κ1) is 15.1. The van der Waals surface area contributed by atoms with Crippen LogP contribution in [0.2, 0.25) is 0 Å². The number of ether oxygens (including phenoxy) is 1. The van der Waals surface area contributed by atoms with Crippen LogP contribution in [0, 0.1) is 11.7 Å². The zero-order valence-electron chi connectivity index (χ0n) is 12.0. The Labute approximate surface area is 127 Å². The summed E-state index contributed by atoms with van der Waals surface area (Å²) in [5, 5.41) is 10.5. The van der Waals surface area contributed by atoms with Crippen LogP contribution in [0.15, 0.2) is 34.2 Å². The molecule has 0 saturated heterocycles. The molecule has 0 amide bonds. The number of benzene rings is 1. The van der Waals surface area contributed by atoms with E-state index in [1.165, 1.54) is 0 Å². The van der Waals surface area contributed by atoms with Crippen LogP contribution < -0.4 is 10.3 Å². The third kappa shape index (κ3) is 3.63. The van der Waals surface area contributed by atoms with Crippen LogP contribution in [0.3, 0.4) is 0 Å². The van der Waals surface area contributed by atoms with Crippen molar-refractivity contribution in [3.8, 4) is 5.75 Å². The van der Waals surface area contributed by atoms with Crippen molar-refractivity contribution in [3.05, 3.63) is 50.6 Å². The SMILES string of the molecule is Cc1n[nH]c(=S)n(/N=C/c2ccccc2OC(C)C)c1=O. The van der Waals surface area contributed by atoms with Crippen LogP contribution in [0.4, 0.5) is 0 Å². The topological polar surface area (TPSA) is 72.3 Å². The van der Waals surface area contributed by atoms with Gasteiger partial charge in [0.2, 0.25) is 4.77 Å². The number of nitrogens with one attached hydrogen (secondary N) is 1. The number of aromatic amines is 1. The minimum absolute atomic E-state index is 0.0493. The highest BCUT2D eigenvalue weighted by Crippen LogP contribution is 2.17. The van der Waals surface area contributed by atoms with E-state index in [2.05, 4.69) is 15.3 Å². The van der Waals surface area contributed by atoms with E-state index in [1.54, 1.807) is 13.1 Å².